The quantitative estimate of drug-likeness (QED) is 0.834. The van der Waals surface area contributed by atoms with E-state index < -0.39 is 0 Å². The molecule has 1 amide bonds. The van der Waals surface area contributed by atoms with Gasteiger partial charge < -0.3 is 10.6 Å². The molecule has 2 N–H and O–H groups in total. The monoisotopic (exact) mass is 301 g/mol. The molecule has 1 aromatic heterocycles. The van der Waals surface area contributed by atoms with Gasteiger partial charge in [-0.15, -0.1) is 0 Å². The van der Waals surface area contributed by atoms with Crippen LogP contribution in [0.4, 0.5) is 21.6 Å². The summed E-state index contributed by atoms with van der Waals surface area (Å²) >= 11 is 0. The molecule has 1 aromatic carbocycles. The molecule has 116 valence electrons. The van der Waals surface area contributed by atoms with Crippen molar-refractivity contribution in [3.63, 3.8) is 0 Å². The lowest BCUT2D eigenvalue weighted by molar-refractivity contribution is -0.120. The predicted molar refractivity (Wildman–Crippen MR) is 86.6 cm³/mol. The summed E-state index contributed by atoms with van der Waals surface area (Å²) in [4.78, 5) is 16.2. The van der Waals surface area contributed by atoms with Crippen LogP contribution in [-0.4, -0.2) is 10.9 Å². The number of carbonyl (C=O) groups is 1. The summed E-state index contributed by atoms with van der Waals surface area (Å²) in [5, 5.41) is 5.74. The SMILES string of the molecule is CCC(CC)C(=O)Nc1ccc(Nc2ccccc2F)nc1. The van der Waals surface area contributed by atoms with E-state index in [1.165, 1.54) is 6.07 Å². The molecule has 2 rings (SSSR count). The van der Waals surface area contributed by atoms with Gasteiger partial charge in [-0.1, -0.05) is 26.0 Å². The number of benzene rings is 1. The Morgan fingerprint density at radius 1 is 1.18 bits per heavy atom. The second-order valence-electron chi connectivity index (χ2n) is 5.04. The van der Waals surface area contributed by atoms with Crippen molar-refractivity contribution in [2.75, 3.05) is 10.6 Å². The van der Waals surface area contributed by atoms with E-state index in [9.17, 15) is 9.18 Å². The Kier molecular flexibility index (Phi) is 5.47. The van der Waals surface area contributed by atoms with Gasteiger partial charge in [0.25, 0.3) is 0 Å². The summed E-state index contributed by atoms with van der Waals surface area (Å²) in [6.07, 6.45) is 3.18. The molecule has 0 radical (unpaired) electrons. The molecule has 0 unspecified atom stereocenters. The van der Waals surface area contributed by atoms with Crippen molar-refractivity contribution in [1.82, 2.24) is 4.98 Å². The van der Waals surface area contributed by atoms with Crippen molar-refractivity contribution in [3.8, 4) is 0 Å². The Balaban J connectivity index is 2.02. The molecule has 0 fully saturated rings. The van der Waals surface area contributed by atoms with Crippen LogP contribution in [0.15, 0.2) is 42.6 Å². The third-order valence-corrected chi connectivity index (χ3v) is 3.52. The number of para-hydroxylation sites is 1. The summed E-state index contributed by atoms with van der Waals surface area (Å²) in [5.74, 6) is 0.193. The van der Waals surface area contributed by atoms with Crippen molar-refractivity contribution in [1.29, 1.82) is 0 Å². The van der Waals surface area contributed by atoms with Gasteiger partial charge in [-0.05, 0) is 37.1 Å². The predicted octanol–water partition coefficient (Wildman–Crippen LogP) is 4.34. The molecule has 0 aliphatic heterocycles. The van der Waals surface area contributed by atoms with Gasteiger partial charge in [-0.25, -0.2) is 9.37 Å². The van der Waals surface area contributed by atoms with Crippen molar-refractivity contribution in [2.45, 2.75) is 26.7 Å². The average molecular weight is 301 g/mol. The summed E-state index contributed by atoms with van der Waals surface area (Å²) in [6, 6.07) is 9.85. The number of rotatable bonds is 6. The Morgan fingerprint density at radius 2 is 1.91 bits per heavy atom. The Labute approximate surface area is 129 Å². The van der Waals surface area contributed by atoms with E-state index in [2.05, 4.69) is 15.6 Å². The topological polar surface area (TPSA) is 54.0 Å². The summed E-state index contributed by atoms with van der Waals surface area (Å²) in [5.41, 5.74) is 1.000. The largest absolute Gasteiger partial charge is 0.338 e. The minimum atomic E-state index is -0.338. The van der Waals surface area contributed by atoms with Gasteiger partial charge in [0.15, 0.2) is 0 Å². The molecular formula is C17H20FN3O. The van der Waals surface area contributed by atoms with Crippen molar-refractivity contribution >= 4 is 23.1 Å². The fourth-order valence-electron chi connectivity index (χ4n) is 2.15. The zero-order valence-electron chi connectivity index (χ0n) is 12.8. The fraction of sp³-hybridized carbons (Fsp3) is 0.294. The maximum atomic E-state index is 13.5. The van der Waals surface area contributed by atoms with Crippen molar-refractivity contribution < 1.29 is 9.18 Å². The van der Waals surface area contributed by atoms with Crippen LogP contribution in [-0.2, 0) is 4.79 Å². The second-order valence-corrected chi connectivity index (χ2v) is 5.04. The Morgan fingerprint density at radius 3 is 2.50 bits per heavy atom. The smallest absolute Gasteiger partial charge is 0.227 e. The minimum Gasteiger partial charge on any atom is -0.338 e. The van der Waals surface area contributed by atoms with Crippen LogP contribution < -0.4 is 10.6 Å². The number of anilines is 3. The zero-order chi connectivity index (χ0) is 15.9. The first kappa shape index (κ1) is 15.9. The summed E-state index contributed by atoms with van der Waals surface area (Å²) in [7, 11) is 0. The highest BCUT2D eigenvalue weighted by Gasteiger charge is 2.14. The van der Waals surface area contributed by atoms with Gasteiger partial charge in [0.05, 0.1) is 17.6 Å². The van der Waals surface area contributed by atoms with Crippen LogP contribution >= 0.6 is 0 Å². The number of amides is 1. The molecule has 0 bridgehead atoms. The average Bonchev–Trinajstić information content (AvgIpc) is 2.52. The van der Waals surface area contributed by atoms with Gasteiger partial charge in [-0.3, -0.25) is 4.79 Å². The first-order valence-electron chi connectivity index (χ1n) is 7.42. The molecule has 0 aliphatic carbocycles. The van der Waals surface area contributed by atoms with Crippen molar-refractivity contribution in [3.05, 3.63) is 48.4 Å². The number of halogens is 1. The van der Waals surface area contributed by atoms with Crippen LogP contribution in [0.5, 0.6) is 0 Å². The Bertz CT molecular complexity index is 624. The number of carbonyl (C=O) groups excluding carboxylic acids is 1. The highest BCUT2D eigenvalue weighted by Crippen LogP contribution is 2.19. The molecule has 0 aliphatic rings. The zero-order valence-corrected chi connectivity index (χ0v) is 12.8. The van der Waals surface area contributed by atoms with Crippen LogP contribution in [0.25, 0.3) is 0 Å². The van der Waals surface area contributed by atoms with Crippen LogP contribution in [0.1, 0.15) is 26.7 Å². The van der Waals surface area contributed by atoms with E-state index >= 15 is 0 Å². The van der Waals surface area contributed by atoms with Crippen LogP contribution in [0.3, 0.4) is 0 Å². The van der Waals surface area contributed by atoms with Gasteiger partial charge in [0.1, 0.15) is 11.6 Å². The maximum absolute atomic E-state index is 13.5. The maximum Gasteiger partial charge on any atom is 0.227 e. The third kappa shape index (κ3) is 4.04. The molecule has 0 spiro atoms. The van der Waals surface area contributed by atoms with E-state index in [4.69, 9.17) is 0 Å². The third-order valence-electron chi connectivity index (χ3n) is 3.52. The first-order chi connectivity index (χ1) is 10.6. The second kappa shape index (κ2) is 7.54. The molecular weight excluding hydrogens is 281 g/mol. The standard InChI is InChI=1S/C17H20FN3O/c1-3-12(4-2)17(22)20-13-9-10-16(19-11-13)21-15-8-6-5-7-14(15)18/h5-12H,3-4H2,1-2H3,(H,19,21)(H,20,22). The number of aromatic nitrogens is 1. The molecule has 4 nitrogen and oxygen atoms in total. The number of nitrogens with zero attached hydrogens (tertiary/aromatic N) is 1. The van der Waals surface area contributed by atoms with E-state index in [1.54, 1.807) is 36.5 Å². The summed E-state index contributed by atoms with van der Waals surface area (Å²) in [6.45, 7) is 3.99. The first-order valence-corrected chi connectivity index (χ1v) is 7.42. The molecule has 0 saturated carbocycles. The van der Waals surface area contributed by atoms with Gasteiger partial charge in [0.2, 0.25) is 5.91 Å². The van der Waals surface area contributed by atoms with Gasteiger partial charge in [-0.2, -0.15) is 0 Å². The lowest BCUT2D eigenvalue weighted by Crippen LogP contribution is -2.21. The van der Waals surface area contributed by atoms with E-state index in [1.807, 2.05) is 13.8 Å². The molecule has 0 saturated heterocycles. The van der Waals surface area contributed by atoms with Gasteiger partial charge in [0, 0.05) is 5.92 Å². The molecule has 5 heteroatoms. The Hall–Kier alpha value is -2.43. The number of pyridine rings is 1. The molecule has 0 atom stereocenters. The summed E-state index contributed by atoms with van der Waals surface area (Å²) < 4.78 is 13.5. The molecule has 22 heavy (non-hydrogen) atoms. The van der Waals surface area contributed by atoms with Crippen LogP contribution in [0, 0.1) is 11.7 Å². The number of nitrogens with one attached hydrogen (secondary N) is 2. The fourth-order valence-corrected chi connectivity index (χ4v) is 2.15. The van der Waals surface area contributed by atoms with E-state index in [-0.39, 0.29) is 17.6 Å². The molecule has 2 aromatic rings. The van der Waals surface area contributed by atoms with E-state index in [0.29, 0.717) is 17.2 Å². The normalized spacial score (nSPS) is 10.5. The number of hydrogen-bond donors (Lipinski definition) is 2. The lowest BCUT2D eigenvalue weighted by Gasteiger charge is -2.13. The minimum absolute atomic E-state index is 0.00149. The van der Waals surface area contributed by atoms with Crippen LogP contribution in [0.2, 0.25) is 0 Å². The lowest BCUT2D eigenvalue weighted by atomic mass is 10.0. The number of hydrogen-bond acceptors (Lipinski definition) is 3. The highest BCUT2D eigenvalue weighted by atomic mass is 19.1. The van der Waals surface area contributed by atoms with E-state index in [0.717, 1.165) is 12.8 Å². The van der Waals surface area contributed by atoms with Crippen molar-refractivity contribution in [2.24, 2.45) is 5.92 Å². The highest BCUT2D eigenvalue weighted by molar-refractivity contribution is 5.92. The van der Waals surface area contributed by atoms with Gasteiger partial charge >= 0.3 is 0 Å². The molecule has 1 heterocycles.